The molecule has 0 saturated heterocycles. The molecule has 1 fully saturated rings. The minimum atomic E-state index is -3.43. The summed E-state index contributed by atoms with van der Waals surface area (Å²) in [5.74, 6) is 0. The van der Waals surface area contributed by atoms with Crippen LogP contribution in [0.3, 0.4) is 0 Å². The van der Waals surface area contributed by atoms with Crippen LogP contribution in [0.1, 0.15) is 38.2 Å². The second kappa shape index (κ2) is 6.24. The Balaban J connectivity index is 2.08. The highest BCUT2D eigenvalue weighted by Crippen LogP contribution is 2.43. The van der Waals surface area contributed by atoms with E-state index in [1.165, 1.54) is 6.42 Å². The summed E-state index contributed by atoms with van der Waals surface area (Å²) in [6, 6.07) is 6.91. The van der Waals surface area contributed by atoms with E-state index in [9.17, 15) is 8.42 Å². The van der Waals surface area contributed by atoms with E-state index in [1.54, 1.807) is 25.3 Å². The highest BCUT2D eigenvalue weighted by molar-refractivity contribution is 7.89. The molecule has 2 rings (SSSR count). The summed E-state index contributed by atoms with van der Waals surface area (Å²) in [5, 5.41) is 0. The van der Waals surface area contributed by atoms with Gasteiger partial charge in [-0.3, -0.25) is 0 Å². The third kappa shape index (κ3) is 3.40. The number of hydrogen-bond donors (Lipinski definition) is 1. The zero-order chi connectivity index (χ0) is 14.6. The van der Waals surface area contributed by atoms with E-state index in [2.05, 4.69) is 11.6 Å². The van der Waals surface area contributed by atoms with Gasteiger partial charge in [0.25, 0.3) is 0 Å². The second-order valence-corrected chi connectivity index (χ2v) is 7.38. The molecule has 1 aromatic rings. The van der Waals surface area contributed by atoms with Gasteiger partial charge in [-0.25, -0.2) is 13.1 Å². The molecule has 1 aliphatic carbocycles. The van der Waals surface area contributed by atoms with Crippen LogP contribution in [0.4, 0.5) is 0 Å². The number of nitrogens with one attached hydrogen (secondary N) is 1. The van der Waals surface area contributed by atoms with Crippen molar-refractivity contribution in [2.24, 2.45) is 5.41 Å². The van der Waals surface area contributed by atoms with Gasteiger partial charge in [0.2, 0.25) is 10.0 Å². The van der Waals surface area contributed by atoms with Crippen molar-refractivity contribution in [1.82, 2.24) is 4.72 Å². The molecule has 20 heavy (non-hydrogen) atoms. The maximum Gasteiger partial charge on any atom is 0.240 e. The zero-order valence-electron chi connectivity index (χ0n) is 12.2. The van der Waals surface area contributed by atoms with Gasteiger partial charge >= 0.3 is 0 Å². The van der Waals surface area contributed by atoms with Crippen molar-refractivity contribution in [1.29, 1.82) is 0 Å². The van der Waals surface area contributed by atoms with Crippen LogP contribution in [0.5, 0.6) is 0 Å². The first-order chi connectivity index (χ1) is 9.51. The van der Waals surface area contributed by atoms with Gasteiger partial charge in [-0.15, -0.1) is 0 Å². The molecule has 0 radical (unpaired) electrons. The molecular formula is C15H23NO3S. The fraction of sp³-hybridized carbons (Fsp3) is 0.600. The number of ether oxygens (including phenoxy) is 1. The van der Waals surface area contributed by atoms with Crippen LogP contribution >= 0.6 is 0 Å². The molecule has 0 atom stereocenters. The first-order valence-electron chi connectivity index (χ1n) is 7.09. The van der Waals surface area contributed by atoms with E-state index in [1.807, 2.05) is 6.07 Å². The SMILES string of the molecule is CCC1(CNS(=O)(=O)c2cccc(COC)c2)CCC1. The summed E-state index contributed by atoms with van der Waals surface area (Å²) in [5.41, 5.74) is 1.04. The molecule has 0 amide bonds. The molecule has 1 N–H and O–H groups in total. The van der Waals surface area contributed by atoms with Crippen molar-refractivity contribution < 1.29 is 13.2 Å². The van der Waals surface area contributed by atoms with Gasteiger partial charge in [0.15, 0.2) is 0 Å². The van der Waals surface area contributed by atoms with Crippen LogP contribution in [-0.4, -0.2) is 22.1 Å². The predicted molar refractivity (Wildman–Crippen MR) is 78.9 cm³/mol. The van der Waals surface area contributed by atoms with Crippen molar-refractivity contribution in [3.05, 3.63) is 29.8 Å². The normalized spacial score (nSPS) is 17.7. The molecule has 1 saturated carbocycles. The van der Waals surface area contributed by atoms with Crippen LogP contribution < -0.4 is 4.72 Å². The standard InChI is InChI=1S/C15H23NO3S/c1-3-15(8-5-9-15)12-16-20(17,18)14-7-4-6-13(10-14)11-19-2/h4,6-7,10,16H,3,5,8-9,11-12H2,1-2H3. The molecular weight excluding hydrogens is 274 g/mol. The van der Waals surface area contributed by atoms with Crippen LogP contribution in [0.2, 0.25) is 0 Å². The van der Waals surface area contributed by atoms with Gasteiger partial charge in [0, 0.05) is 13.7 Å². The van der Waals surface area contributed by atoms with Crippen molar-refractivity contribution in [3.8, 4) is 0 Å². The van der Waals surface area contributed by atoms with E-state index in [4.69, 9.17) is 4.74 Å². The van der Waals surface area contributed by atoms with E-state index < -0.39 is 10.0 Å². The Bertz CT molecular complexity index is 544. The van der Waals surface area contributed by atoms with Crippen molar-refractivity contribution in [3.63, 3.8) is 0 Å². The summed E-state index contributed by atoms with van der Waals surface area (Å²) in [6.07, 6.45) is 4.48. The lowest BCUT2D eigenvalue weighted by Gasteiger charge is -2.41. The molecule has 4 nitrogen and oxygen atoms in total. The fourth-order valence-electron chi connectivity index (χ4n) is 2.63. The molecule has 0 spiro atoms. The van der Waals surface area contributed by atoms with Gasteiger partial charge in [0.05, 0.1) is 11.5 Å². The van der Waals surface area contributed by atoms with Gasteiger partial charge in [-0.2, -0.15) is 0 Å². The number of hydrogen-bond acceptors (Lipinski definition) is 3. The molecule has 1 aliphatic rings. The Morgan fingerprint density at radius 1 is 1.35 bits per heavy atom. The van der Waals surface area contributed by atoms with Crippen molar-refractivity contribution in [2.75, 3.05) is 13.7 Å². The maximum atomic E-state index is 12.3. The average Bonchev–Trinajstić information content (AvgIpc) is 2.39. The lowest BCUT2D eigenvalue weighted by atomic mass is 9.67. The van der Waals surface area contributed by atoms with Crippen molar-refractivity contribution >= 4 is 10.0 Å². The molecule has 0 aliphatic heterocycles. The molecule has 0 bridgehead atoms. The van der Waals surface area contributed by atoms with Crippen molar-refractivity contribution in [2.45, 2.75) is 44.1 Å². The first-order valence-corrected chi connectivity index (χ1v) is 8.57. The topological polar surface area (TPSA) is 55.4 Å². The summed E-state index contributed by atoms with van der Waals surface area (Å²) >= 11 is 0. The third-order valence-corrected chi connectivity index (χ3v) is 5.72. The Morgan fingerprint density at radius 3 is 2.65 bits per heavy atom. The maximum absolute atomic E-state index is 12.3. The number of sulfonamides is 1. The van der Waals surface area contributed by atoms with E-state index in [-0.39, 0.29) is 5.41 Å². The first kappa shape index (κ1) is 15.5. The van der Waals surface area contributed by atoms with Crippen LogP contribution in [0, 0.1) is 5.41 Å². The monoisotopic (exact) mass is 297 g/mol. The lowest BCUT2D eigenvalue weighted by molar-refractivity contribution is 0.133. The summed E-state index contributed by atoms with van der Waals surface area (Å²) in [6.45, 7) is 3.09. The predicted octanol–water partition coefficient (Wildman–Crippen LogP) is 2.69. The summed E-state index contributed by atoms with van der Waals surface area (Å²) < 4.78 is 32.5. The highest BCUT2D eigenvalue weighted by Gasteiger charge is 2.36. The molecule has 0 unspecified atom stereocenters. The second-order valence-electron chi connectivity index (χ2n) is 5.61. The largest absolute Gasteiger partial charge is 0.380 e. The van der Waals surface area contributed by atoms with Gasteiger partial charge in [0.1, 0.15) is 0 Å². The Morgan fingerprint density at radius 2 is 2.10 bits per heavy atom. The summed E-state index contributed by atoms with van der Waals surface area (Å²) in [4.78, 5) is 0.317. The van der Waals surface area contributed by atoms with Crippen LogP contribution in [0.25, 0.3) is 0 Å². The number of benzene rings is 1. The lowest BCUT2D eigenvalue weighted by Crippen LogP contribution is -2.41. The smallest absolute Gasteiger partial charge is 0.240 e. The van der Waals surface area contributed by atoms with Gasteiger partial charge in [-0.05, 0) is 42.4 Å². The van der Waals surface area contributed by atoms with Crippen LogP contribution in [-0.2, 0) is 21.4 Å². The average molecular weight is 297 g/mol. The Hall–Kier alpha value is -0.910. The highest BCUT2D eigenvalue weighted by atomic mass is 32.2. The van der Waals surface area contributed by atoms with Gasteiger partial charge < -0.3 is 4.74 Å². The van der Waals surface area contributed by atoms with E-state index >= 15 is 0 Å². The zero-order valence-corrected chi connectivity index (χ0v) is 13.0. The quantitative estimate of drug-likeness (QED) is 0.842. The van der Waals surface area contributed by atoms with Crippen LogP contribution in [0.15, 0.2) is 29.2 Å². The summed E-state index contributed by atoms with van der Waals surface area (Å²) in [7, 11) is -1.83. The Kier molecular flexibility index (Phi) is 4.83. The minimum absolute atomic E-state index is 0.178. The van der Waals surface area contributed by atoms with E-state index in [0.29, 0.717) is 18.0 Å². The molecule has 0 heterocycles. The van der Waals surface area contributed by atoms with E-state index in [0.717, 1.165) is 24.8 Å². The minimum Gasteiger partial charge on any atom is -0.380 e. The Labute approximate surface area is 121 Å². The fourth-order valence-corrected chi connectivity index (χ4v) is 3.86. The molecule has 112 valence electrons. The third-order valence-electron chi connectivity index (χ3n) is 4.32. The number of rotatable bonds is 7. The van der Waals surface area contributed by atoms with Gasteiger partial charge in [-0.1, -0.05) is 25.5 Å². The molecule has 0 aromatic heterocycles. The molecule has 1 aromatic carbocycles. The number of methoxy groups -OCH3 is 1. The molecule has 5 heteroatoms.